The highest BCUT2D eigenvalue weighted by atomic mass is 35.5. The maximum Gasteiger partial charge on any atom is 0.318 e. The van der Waals surface area contributed by atoms with Gasteiger partial charge in [-0.25, -0.2) is 4.39 Å². The Morgan fingerprint density at radius 1 is 1.10 bits per heavy atom. The number of nitrogens with zero attached hydrogens (tertiary/aromatic N) is 8. The normalized spacial score (nSPS) is 19.8. The molecule has 0 saturated carbocycles. The number of rotatable bonds is 8. The van der Waals surface area contributed by atoms with Gasteiger partial charge in [0.25, 0.3) is 5.91 Å². The number of amides is 1. The summed E-state index contributed by atoms with van der Waals surface area (Å²) in [7, 11) is 2.11. The van der Waals surface area contributed by atoms with Crippen molar-refractivity contribution >= 4 is 45.9 Å². The van der Waals surface area contributed by atoms with Crippen molar-refractivity contribution in [1.29, 1.82) is 5.26 Å². The lowest BCUT2D eigenvalue weighted by Gasteiger charge is -2.42. The van der Waals surface area contributed by atoms with Gasteiger partial charge in [-0.3, -0.25) is 9.78 Å². The zero-order chi connectivity index (χ0) is 34.8. The van der Waals surface area contributed by atoms with Gasteiger partial charge >= 0.3 is 6.01 Å². The van der Waals surface area contributed by atoms with Crippen LogP contribution in [-0.4, -0.2) is 89.1 Å². The number of fused-ring (bicyclic) bond motifs is 2. The Morgan fingerprint density at radius 3 is 2.72 bits per heavy atom. The fourth-order valence-electron chi connectivity index (χ4n) is 7.38. The Balaban J connectivity index is 1.18. The molecule has 3 aliphatic heterocycles. The summed E-state index contributed by atoms with van der Waals surface area (Å²) in [6.07, 6.45) is 5.66. The Hall–Kier alpha value is -4.79. The maximum absolute atomic E-state index is 15.3. The summed E-state index contributed by atoms with van der Waals surface area (Å²) < 4.78 is 21.6. The molecular weight excluding hydrogens is 655 g/mol. The lowest BCUT2D eigenvalue weighted by molar-refractivity contribution is -0.131. The smallest absolute Gasteiger partial charge is 0.318 e. The Labute approximate surface area is 296 Å². The third kappa shape index (κ3) is 6.96. The van der Waals surface area contributed by atoms with E-state index in [4.69, 9.17) is 26.3 Å². The fourth-order valence-corrected chi connectivity index (χ4v) is 7.66. The van der Waals surface area contributed by atoms with Gasteiger partial charge < -0.3 is 24.3 Å². The summed E-state index contributed by atoms with van der Waals surface area (Å²) in [6, 6.07) is 18.0. The van der Waals surface area contributed by atoms with Crippen molar-refractivity contribution < 1.29 is 13.9 Å². The number of pyridine rings is 1. The third-order valence-corrected chi connectivity index (χ3v) is 10.4. The summed E-state index contributed by atoms with van der Waals surface area (Å²) in [4.78, 5) is 35.7. The van der Waals surface area contributed by atoms with E-state index in [1.54, 1.807) is 12.3 Å². The molecule has 0 radical (unpaired) electrons. The van der Waals surface area contributed by atoms with Gasteiger partial charge in [0.2, 0.25) is 0 Å². The van der Waals surface area contributed by atoms with E-state index in [-0.39, 0.29) is 13.0 Å². The molecule has 0 unspecified atom stereocenters. The number of anilines is 2. The molecule has 2 fully saturated rings. The minimum atomic E-state index is -0.903. The van der Waals surface area contributed by atoms with Crippen molar-refractivity contribution in [3.63, 3.8) is 0 Å². The van der Waals surface area contributed by atoms with Crippen LogP contribution < -0.4 is 14.5 Å². The number of aromatic nitrogens is 3. The predicted molar refractivity (Wildman–Crippen MR) is 193 cm³/mol. The van der Waals surface area contributed by atoms with Crippen LogP contribution in [0.5, 0.6) is 6.01 Å². The molecule has 1 amide bonds. The number of hydrogen-bond donors (Lipinski definition) is 0. The number of piperazine rings is 1. The first-order chi connectivity index (χ1) is 24.3. The number of carbonyl (C=O) groups excluding carboxylic acids is 1. The molecular formula is C38H40ClFN8O2. The second-order valence-electron chi connectivity index (χ2n) is 13.3. The highest BCUT2D eigenvalue weighted by Gasteiger charge is 2.35. The molecule has 2 saturated heterocycles. The number of likely N-dealkylation sites (N-methyl/N-ethyl adjacent to an activating group) is 1. The van der Waals surface area contributed by atoms with Crippen molar-refractivity contribution in [2.75, 3.05) is 56.2 Å². The molecule has 7 rings (SSSR count). The molecule has 5 heterocycles. The zero-order valence-corrected chi connectivity index (χ0v) is 29.1. The van der Waals surface area contributed by atoms with Crippen LogP contribution in [0.4, 0.5) is 15.9 Å². The number of ether oxygens (including phenoxy) is 1. The van der Waals surface area contributed by atoms with Gasteiger partial charge in [-0.2, -0.15) is 15.2 Å². The van der Waals surface area contributed by atoms with Crippen LogP contribution in [0.2, 0.25) is 5.02 Å². The summed E-state index contributed by atoms with van der Waals surface area (Å²) in [5.41, 5.74) is 4.22. The van der Waals surface area contributed by atoms with Crippen LogP contribution in [0.3, 0.4) is 0 Å². The minimum absolute atomic E-state index is 0.0540. The number of benzene rings is 2. The first-order valence-electron chi connectivity index (χ1n) is 17.2. The van der Waals surface area contributed by atoms with Crippen LogP contribution in [0.1, 0.15) is 41.8 Å². The molecule has 2 atom stereocenters. The second kappa shape index (κ2) is 14.6. The van der Waals surface area contributed by atoms with Crippen molar-refractivity contribution in [3.8, 4) is 12.1 Å². The SMILES string of the molecule is Cc1ccnc(/C=C(\F)C(=O)N2CCN(c3nc(OC[C@@H]4CCCN4C)nc4c3CCN(c3cccc5cccc(Cl)c35)C4)C[C@@H]2CC#N)c1. The molecule has 2 aromatic carbocycles. The van der Waals surface area contributed by atoms with E-state index >= 15 is 4.39 Å². The van der Waals surface area contributed by atoms with Crippen molar-refractivity contribution in [2.45, 2.75) is 51.2 Å². The van der Waals surface area contributed by atoms with Crippen LogP contribution in [0.15, 0.2) is 60.6 Å². The molecule has 0 spiro atoms. The fraction of sp³-hybridized carbons (Fsp3) is 0.395. The monoisotopic (exact) mass is 694 g/mol. The van der Waals surface area contributed by atoms with E-state index in [0.29, 0.717) is 55.4 Å². The van der Waals surface area contributed by atoms with Gasteiger partial charge in [0, 0.05) is 61.1 Å². The molecule has 2 aromatic heterocycles. The first kappa shape index (κ1) is 33.7. The van der Waals surface area contributed by atoms with E-state index in [1.807, 2.05) is 31.2 Å². The zero-order valence-electron chi connectivity index (χ0n) is 28.4. The Kier molecular flexibility index (Phi) is 9.83. The summed E-state index contributed by atoms with van der Waals surface area (Å²) in [6.45, 7) is 5.64. The largest absolute Gasteiger partial charge is 0.462 e. The van der Waals surface area contributed by atoms with E-state index in [9.17, 15) is 10.1 Å². The number of hydrogen-bond acceptors (Lipinski definition) is 9. The average Bonchev–Trinajstić information content (AvgIpc) is 3.54. The van der Waals surface area contributed by atoms with Crippen molar-refractivity contribution in [1.82, 2.24) is 24.8 Å². The number of aryl methyl sites for hydroxylation is 1. The van der Waals surface area contributed by atoms with E-state index in [1.165, 1.54) is 4.90 Å². The lowest BCUT2D eigenvalue weighted by Crippen LogP contribution is -2.56. The average molecular weight is 695 g/mol. The standard InChI is InChI=1S/C38H40ClFN8O2/c1-25-12-15-42-27(20-25)21-32(40)37(49)48-19-18-47(22-28(48)11-14-41)36-30-13-17-46(34-10-4-7-26-6-3-9-31(39)35(26)34)23-33(30)43-38(44-36)50-24-29-8-5-16-45(29)2/h3-4,6-7,9-10,12,15,20-21,28-29H,5,8,11,13,16-19,22-24H2,1-2H3/b32-21-/t28-,29-/m0/s1. The van der Waals surface area contributed by atoms with Crippen molar-refractivity contribution in [3.05, 3.63) is 88.1 Å². The van der Waals surface area contributed by atoms with Gasteiger partial charge in [0.05, 0.1) is 41.5 Å². The minimum Gasteiger partial charge on any atom is -0.462 e. The Bertz CT molecular complexity index is 1980. The summed E-state index contributed by atoms with van der Waals surface area (Å²) in [5.74, 6) is -0.900. The molecule has 258 valence electrons. The number of nitriles is 1. The van der Waals surface area contributed by atoms with Gasteiger partial charge in [-0.05, 0) is 75.0 Å². The predicted octanol–water partition coefficient (Wildman–Crippen LogP) is 5.96. The molecule has 12 heteroatoms. The molecule has 0 aliphatic carbocycles. The third-order valence-electron chi connectivity index (χ3n) is 10.1. The van der Waals surface area contributed by atoms with Gasteiger partial charge in [0.1, 0.15) is 12.4 Å². The van der Waals surface area contributed by atoms with Crippen LogP contribution in [0.25, 0.3) is 16.8 Å². The number of carbonyl (C=O) groups is 1. The topological polar surface area (TPSA) is 102 Å². The summed E-state index contributed by atoms with van der Waals surface area (Å²) >= 11 is 6.72. The molecule has 4 aromatic rings. The lowest BCUT2D eigenvalue weighted by atomic mass is 10.0. The number of likely N-dealkylation sites (tertiary alicyclic amines) is 1. The van der Waals surface area contributed by atoms with E-state index in [0.717, 1.165) is 71.1 Å². The molecule has 3 aliphatic rings. The summed E-state index contributed by atoms with van der Waals surface area (Å²) in [5, 5.41) is 12.5. The van der Waals surface area contributed by atoms with Gasteiger partial charge in [-0.1, -0.05) is 35.9 Å². The highest BCUT2D eigenvalue weighted by Crippen LogP contribution is 2.37. The highest BCUT2D eigenvalue weighted by molar-refractivity contribution is 6.36. The molecule has 50 heavy (non-hydrogen) atoms. The van der Waals surface area contributed by atoms with Gasteiger partial charge in [-0.15, -0.1) is 0 Å². The second-order valence-corrected chi connectivity index (χ2v) is 13.7. The molecule has 10 nitrogen and oxygen atoms in total. The van der Waals surface area contributed by atoms with E-state index < -0.39 is 17.8 Å². The molecule has 0 N–H and O–H groups in total. The maximum atomic E-state index is 15.3. The van der Waals surface area contributed by atoms with Gasteiger partial charge in [0.15, 0.2) is 5.83 Å². The van der Waals surface area contributed by atoms with Crippen LogP contribution >= 0.6 is 11.6 Å². The number of halogens is 2. The van der Waals surface area contributed by atoms with E-state index in [2.05, 4.69) is 51.0 Å². The van der Waals surface area contributed by atoms with Crippen molar-refractivity contribution in [2.24, 2.45) is 0 Å². The first-order valence-corrected chi connectivity index (χ1v) is 17.5. The molecule has 0 bridgehead atoms. The quantitative estimate of drug-likeness (QED) is 0.207. The van der Waals surface area contributed by atoms with Crippen LogP contribution in [0, 0.1) is 18.3 Å². The van der Waals surface area contributed by atoms with Crippen LogP contribution in [-0.2, 0) is 17.8 Å². The Morgan fingerprint density at radius 2 is 1.94 bits per heavy atom.